The molecule has 0 aliphatic rings. The lowest BCUT2D eigenvalue weighted by molar-refractivity contribution is 0.183. The molecular formula is C22H23N5O. The molecule has 6 nitrogen and oxygen atoms in total. The number of fused-ring (bicyclic) bond motifs is 1. The van der Waals surface area contributed by atoms with Crippen LogP contribution < -0.4 is 4.90 Å². The summed E-state index contributed by atoms with van der Waals surface area (Å²) in [6, 6.07) is 20.0. The van der Waals surface area contributed by atoms with E-state index >= 15 is 0 Å². The Kier molecular flexibility index (Phi) is 5.04. The van der Waals surface area contributed by atoms with E-state index in [0.717, 1.165) is 29.2 Å². The molecule has 1 unspecified atom stereocenters. The van der Waals surface area contributed by atoms with Crippen molar-refractivity contribution in [1.82, 2.24) is 19.6 Å². The molecule has 2 heterocycles. The van der Waals surface area contributed by atoms with E-state index in [1.54, 1.807) is 4.52 Å². The lowest BCUT2D eigenvalue weighted by atomic mass is 10.1. The number of hydrogen-bond donors (Lipinski definition) is 1. The van der Waals surface area contributed by atoms with Gasteiger partial charge in [-0.1, -0.05) is 60.2 Å². The number of aromatic nitrogens is 4. The minimum absolute atomic E-state index is 0.451. The van der Waals surface area contributed by atoms with Crippen molar-refractivity contribution in [2.24, 2.45) is 0 Å². The largest absolute Gasteiger partial charge is 0.387 e. The zero-order chi connectivity index (χ0) is 19.5. The first-order chi connectivity index (χ1) is 13.7. The first-order valence-corrected chi connectivity index (χ1v) is 9.41. The summed E-state index contributed by atoms with van der Waals surface area (Å²) in [5, 5.41) is 15.1. The van der Waals surface area contributed by atoms with Crippen LogP contribution in [-0.2, 0) is 0 Å². The topological polar surface area (TPSA) is 66.5 Å². The van der Waals surface area contributed by atoms with E-state index in [4.69, 9.17) is 0 Å². The van der Waals surface area contributed by atoms with Gasteiger partial charge in [0, 0.05) is 24.7 Å². The fourth-order valence-corrected chi connectivity index (χ4v) is 3.27. The minimum Gasteiger partial charge on any atom is -0.387 e. The number of aryl methyl sites for hydroxylation is 1. The van der Waals surface area contributed by atoms with Crippen molar-refractivity contribution in [1.29, 1.82) is 0 Å². The van der Waals surface area contributed by atoms with Crippen LogP contribution in [0.4, 0.5) is 5.82 Å². The van der Waals surface area contributed by atoms with Crippen LogP contribution in [0.25, 0.3) is 17.0 Å². The predicted molar refractivity (Wildman–Crippen MR) is 110 cm³/mol. The van der Waals surface area contributed by atoms with E-state index in [1.165, 1.54) is 11.9 Å². The van der Waals surface area contributed by atoms with Gasteiger partial charge in [-0.15, -0.1) is 0 Å². The summed E-state index contributed by atoms with van der Waals surface area (Å²) in [6.07, 6.45) is 0.901. The smallest absolute Gasteiger partial charge is 0.254 e. The SMILES string of the molecule is CCN(CC(O)c1ccc(C)cc1)c1cc(-c2ccccc2)nc2ncnn12. The molecule has 0 saturated heterocycles. The summed E-state index contributed by atoms with van der Waals surface area (Å²) in [7, 11) is 0. The second-order valence-electron chi connectivity index (χ2n) is 6.80. The van der Waals surface area contributed by atoms with Crippen LogP contribution >= 0.6 is 0 Å². The molecule has 0 fully saturated rings. The van der Waals surface area contributed by atoms with Crippen molar-refractivity contribution in [3.05, 3.63) is 78.1 Å². The van der Waals surface area contributed by atoms with Crippen molar-refractivity contribution in [2.75, 3.05) is 18.0 Å². The van der Waals surface area contributed by atoms with Gasteiger partial charge in [0.1, 0.15) is 12.1 Å². The van der Waals surface area contributed by atoms with E-state index < -0.39 is 6.10 Å². The Labute approximate surface area is 164 Å². The standard InChI is InChI=1S/C22H23N5O/c1-3-26(14-20(28)18-11-9-16(2)10-12-18)21-13-19(17-7-5-4-6-8-17)25-22-23-15-24-27(21)22/h4-13,15,20,28H,3,14H2,1-2H3. The minimum atomic E-state index is -0.604. The molecule has 1 atom stereocenters. The third kappa shape index (κ3) is 3.59. The molecular weight excluding hydrogens is 350 g/mol. The predicted octanol–water partition coefficient (Wildman–Crippen LogP) is 3.66. The zero-order valence-electron chi connectivity index (χ0n) is 16.0. The summed E-state index contributed by atoms with van der Waals surface area (Å²) in [4.78, 5) is 11.0. The van der Waals surface area contributed by atoms with Crippen LogP contribution in [0.15, 0.2) is 67.0 Å². The molecule has 1 N–H and O–H groups in total. The molecule has 0 aliphatic carbocycles. The number of anilines is 1. The monoisotopic (exact) mass is 373 g/mol. The summed E-state index contributed by atoms with van der Waals surface area (Å²) in [5.74, 6) is 1.40. The van der Waals surface area contributed by atoms with Gasteiger partial charge in [-0.3, -0.25) is 0 Å². The van der Waals surface area contributed by atoms with Gasteiger partial charge < -0.3 is 10.0 Å². The third-order valence-corrected chi connectivity index (χ3v) is 4.86. The quantitative estimate of drug-likeness (QED) is 0.559. The van der Waals surface area contributed by atoms with Crippen molar-refractivity contribution in [3.8, 4) is 11.3 Å². The van der Waals surface area contributed by atoms with E-state index in [9.17, 15) is 5.11 Å². The molecule has 0 spiro atoms. The highest BCUT2D eigenvalue weighted by atomic mass is 16.3. The number of likely N-dealkylation sites (N-methyl/N-ethyl adjacent to an activating group) is 1. The number of hydrogen-bond acceptors (Lipinski definition) is 5. The molecule has 2 aromatic carbocycles. The molecule has 6 heteroatoms. The Morgan fingerprint density at radius 1 is 1.07 bits per heavy atom. The molecule has 142 valence electrons. The van der Waals surface area contributed by atoms with Crippen LogP contribution in [-0.4, -0.2) is 37.8 Å². The molecule has 0 aliphatic heterocycles. The second kappa shape index (κ2) is 7.78. The second-order valence-corrected chi connectivity index (χ2v) is 6.80. The van der Waals surface area contributed by atoms with Crippen LogP contribution in [0.1, 0.15) is 24.2 Å². The average molecular weight is 373 g/mol. The number of aliphatic hydroxyl groups is 1. The highest BCUT2D eigenvalue weighted by Gasteiger charge is 2.18. The number of aliphatic hydroxyl groups excluding tert-OH is 1. The molecule has 4 rings (SSSR count). The highest BCUT2D eigenvalue weighted by molar-refractivity contribution is 5.65. The van der Waals surface area contributed by atoms with Gasteiger partial charge in [0.05, 0.1) is 11.8 Å². The first kappa shape index (κ1) is 18.1. The molecule has 0 amide bonds. The van der Waals surface area contributed by atoms with Crippen molar-refractivity contribution in [2.45, 2.75) is 20.0 Å². The maximum atomic E-state index is 10.8. The summed E-state index contributed by atoms with van der Waals surface area (Å²) < 4.78 is 1.72. The molecule has 0 saturated carbocycles. The van der Waals surface area contributed by atoms with Crippen molar-refractivity contribution < 1.29 is 5.11 Å². The maximum Gasteiger partial charge on any atom is 0.254 e. The normalized spacial score (nSPS) is 12.2. The Morgan fingerprint density at radius 3 is 2.54 bits per heavy atom. The average Bonchev–Trinajstić information content (AvgIpc) is 3.21. The number of benzene rings is 2. The van der Waals surface area contributed by atoms with Gasteiger partial charge in [-0.05, 0) is 19.4 Å². The van der Waals surface area contributed by atoms with Crippen molar-refractivity contribution in [3.63, 3.8) is 0 Å². The van der Waals surface area contributed by atoms with Crippen LogP contribution in [0.5, 0.6) is 0 Å². The van der Waals surface area contributed by atoms with Gasteiger partial charge in [0.25, 0.3) is 5.78 Å². The number of nitrogens with zero attached hydrogens (tertiary/aromatic N) is 5. The van der Waals surface area contributed by atoms with Crippen LogP contribution in [0.2, 0.25) is 0 Å². The fraction of sp³-hybridized carbons (Fsp3) is 0.227. The van der Waals surface area contributed by atoms with E-state index in [2.05, 4.69) is 26.9 Å². The summed E-state index contributed by atoms with van der Waals surface area (Å²) in [6.45, 7) is 5.27. The number of rotatable bonds is 6. The molecule has 2 aromatic heterocycles. The summed E-state index contributed by atoms with van der Waals surface area (Å²) in [5.41, 5.74) is 3.93. The maximum absolute atomic E-state index is 10.8. The van der Waals surface area contributed by atoms with E-state index in [0.29, 0.717) is 12.3 Å². The molecule has 0 bridgehead atoms. The van der Waals surface area contributed by atoms with Crippen LogP contribution in [0, 0.1) is 6.92 Å². The van der Waals surface area contributed by atoms with Crippen LogP contribution in [0.3, 0.4) is 0 Å². The molecule has 4 aromatic rings. The Morgan fingerprint density at radius 2 is 1.82 bits per heavy atom. The van der Waals surface area contributed by atoms with E-state index in [-0.39, 0.29) is 0 Å². The van der Waals surface area contributed by atoms with Gasteiger partial charge in [0.2, 0.25) is 0 Å². The lowest BCUT2D eigenvalue weighted by Gasteiger charge is -2.26. The van der Waals surface area contributed by atoms with Gasteiger partial charge >= 0.3 is 0 Å². The summed E-state index contributed by atoms with van der Waals surface area (Å²) >= 11 is 0. The molecule has 28 heavy (non-hydrogen) atoms. The Bertz CT molecular complexity index is 1060. The van der Waals surface area contributed by atoms with Gasteiger partial charge in [-0.25, -0.2) is 4.98 Å². The highest BCUT2D eigenvalue weighted by Crippen LogP contribution is 2.25. The Balaban J connectivity index is 1.71. The lowest BCUT2D eigenvalue weighted by Crippen LogP contribution is -2.30. The van der Waals surface area contributed by atoms with Gasteiger partial charge in [-0.2, -0.15) is 14.6 Å². The third-order valence-electron chi connectivity index (χ3n) is 4.86. The van der Waals surface area contributed by atoms with Gasteiger partial charge in [0.15, 0.2) is 0 Å². The Hall–Kier alpha value is -3.25. The molecule has 0 radical (unpaired) electrons. The van der Waals surface area contributed by atoms with E-state index in [1.807, 2.05) is 67.6 Å². The first-order valence-electron chi connectivity index (χ1n) is 9.41. The van der Waals surface area contributed by atoms with Crippen molar-refractivity contribution >= 4 is 11.6 Å². The zero-order valence-corrected chi connectivity index (χ0v) is 16.0. The fourth-order valence-electron chi connectivity index (χ4n) is 3.27.